The first-order valence-electron chi connectivity index (χ1n) is 5.67. The Bertz CT molecular complexity index is 631. The van der Waals surface area contributed by atoms with E-state index in [1.165, 1.54) is 25.5 Å². The Labute approximate surface area is 125 Å². The molecular weight excluding hydrogens is 292 g/mol. The highest BCUT2D eigenvalue weighted by atomic mass is 32.1. The number of allylic oxidation sites excluding steroid dienone is 2. The second-order valence-corrected chi connectivity index (χ2v) is 4.44. The van der Waals surface area contributed by atoms with Crippen molar-refractivity contribution in [1.82, 2.24) is 4.98 Å². The van der Waals surface area contributed by atoms with Crippen molar-refractivity contribution in [3.8, 4) is 0 Å². The number of thiazole rings is 1. The number of esters is 1. The number of nitrogens with two attached hydrogens (primary N) is 1. The van der Waals surface area contributed by atoms with Crippen molar-refractivity contribution in [3.05, 3.63) is 42.5 Å². The summed E-state index contributed by atoms with van der Waals surface area (Å²) in [5, 5.41) is 2.68. The monoisotopic (exact) mass is 306 g/mol. The minimum atomic E-state index is -0.622. The molecular formula is C13H14N4O3S. The Hall–Kier alpha value is -2.74. The molecule has 0 spiro atoms. The number of hydrogen-bond acceptors (Lipinski definition) is 7. The zero-order chi connectivity index (χ0) is 15.8. The third-order valence-corrected chi connectivity index (χ3v) is 3.04. The van der Waals surface area contributed by atoms with Gasteiger partial charge >= 0.3 is 5.97 Å². The van der Waals surface area contributed by atoms with Gasteiger partial charge in [0.1, 0.15) is 0 Å². The zero-order valence-corrected chi connectivity index (χ0v) is 12.1. The van der Waals surface area contributed by atoms with Crippen molar-refractivity contribution in [1.29, 1.82) is 0 Å². The molecule has 110 valence electrons. The van der Waals surface area contributed by atoms with Crippen molar-refractivity contribution in [2.45, 2.75) is 0 Å². The van der Waals surface area contributed by atoms with Crippen LogP contribution in [-0.2, 0) is 9.53 Å². The average molecular weight is 306 g/mol. The van der Waals surface area contributed by atoms with Crippen LogP contribution in [0.25, 0.3) is 0 Å². The van der Waals surface area contributed by atoms with Gasteiger partial charge in [0, 0.05) is 0 Å². The molecule has 0 aliphatic carbocycles. The predicted molar refractivity (Wildman–Crippen MR) is 82.9 cm³/mol. The fourth-order valence-electron chi connectivity index (χ4n) is 1.20. The van der Waals surface area contributed by atoms with Crippen LogP contribution >= 0.6 is 11.3 Å². The maximum absolute atomic E-state index is 11.7. The lowest BCUT2D eigenvalue weighted by atomic mass is 10.3. The summed E-state index contributed by atoms with van der Waals surface area (Å²) in [5.41, 5.74) is 5.74. The maximum Gasteiger partial charge on any atom is 0.352 e. The van der Waals surface area contributed by atoms with E-state index in [1.807, 2.05) is 0 Å². The third-order valence-electron chi connectivity index (χ3n) is 2.11. The normalized spacial score (nSPS) is 11.2. The predicted octanol–water partition coefficient (Wildman–Crippen LogP) is 1.79. The molecule has 1 aromatic rings. The van der Waals surface area contributed by atoms with E-state index in [2.05, 4.69) is 33.2 Å². The van der Waals surface area contributed by atoms with E-state index in [0.29, 0.717) is 5.71 Å². The van der Waals surface area contributed by atoms with Crippen molar-refractivity contribution in [2.75, 3.05) is 12.4 Å². The van der Waals surface area contributed by atoms with Gasteiger partial charge in [0.05, 0.1) is 12.8 Å². The SMILES string of the molecule is C=CC(=O)Nc1nc(N=C(C=C)C=CN)sc1C(=O)OC. The quantitative estimate of drug-likeness (QED) is 0.473. The number of nitrogens with zero attached hydrogens (tertiary/aromatic N) is 2. The van der Waals surface area contributed by atoms with Crippen molar-refractivity contribution in [2.24, 2.45) is 10.7 Å². The van der Waals surface area contributed by atoms with Crippen LogP contribution in [0.5, 0.6) is 0 Å². The number of carbonyl (C=O) groups excluding carboxylic acids is 2. The van der Waals surface area contributed by atoms with E-state index in [1.54, 1.807) is 0 Å². The van der Waals surface area contributed by atoms with Gasteiger partial charge in [0.25, 0.3) is 0 Å². The minimum absolute atomic E-state index is 0.0654. The third kappa shape index (κ3) is 4.39. The van der Waals surface area contributed by atoms with E-state index in [-0.39, 0.29) is 15.8 Å². The second-order valence-electron chi connectivity index (χ2n) is 3.46. The van der Waals surface area contributed by atoms with Gasteiger partial charge in [-0.15, -0.1) is 0 Å². The number of amides is 1. The molecule has 7 nitrogen and oxygen atoms in total. The number of nitrogens with one attached hydrogen (secondary N) is 1. The fourth-order valence-corrected chi connectivity index (χ4v) is 2.03. The van der Waals surface area contributed by atoms with Crippen molar-refractivity contribution >= 4 is 39.9 Å². The molecule has 3 N–H and O–H groups in total. The van der Waals surface area contributed by atoms with Crippen molar-refractivity contribution in [3.63, 3.8) is 0 Å². The van der Waals surface area contributed by atoms with Gasteiger partial charge in [0.15, 0.2) is 10.7 Å². The Kier molecular flexibility index (Phi) is 6.02. The first kappa shape index (κ1) is 16.3. The molecule has 0 saturated carbocycles. The van der Waals surface area contributed by atoms with Gasteiger partial charge in [-0.25, -0.2) is 9.79 Å². The molecule has 0 aliphatic heterocycles. The smallest absolute Gasteiger partial charge is 0.352 e. The summed E-state index contributed by atoms with van der Waals surface area (Å²) in [7, 11) is 1.23. The molecule has 1 heterocycles. The van der Waals surface area contributed by atoms with Gasteiger partial charge < -0.3 is 15.8 Å². The number of aliphatic imine (C=N–C) groups is 1. The van der Waals surface area contributed by atoms with E-state index in [0.717, 1.165) is 17.4 Å². The Morgan fingerprint density at radius 1 is 1.43 bits per heavy atom. The molecule has 1 amide bonds. The van der Waals surface area contributed by atoms with E-state index >= 15 is 0 Å². The van der Waals surface area contributed by atoms with E-state index in [9.17, 15) is 9.59 Å². The van der Waals surface area contributed by atoms with Gasteiger partial charge in [-0.1, -0.05) is 24.5 Å². The number of aromatic nitrogens is 1. The van der Waals surface area contributed by atoms with Crippen molar-refractivity contribution < 1.29 is 14.3 Å². The first-order valence-corrected chi connectivity index (χ1v) is 6.49. The molecule has 0 aromatic carbocycles. The largest absolute Gasteiger partial charge is 0.465 e. The molecule has 21 heavy (non-hydrogen) atoms. The minimum Gasteiger partial charge on any atom is -0.465 e. The molecule has 0 radical (unpaired) electrons. The van der Waals surface area contributed by atoms with Gasteiger partial charge in [0.2, 0.25) is 11.0 Å². The first-order chi connectivity index (χ1) is 10.0. The van der Waals surface area contributed by atoms with Gasteiger partial charge in [-0.2, -0.15) is 4.98 Å². The highest BCUT2D eigenvalue weighted by Crippen LogP contribution is 2.30. The highest BCUT2D eigenvalue weighted by molar-refractivity contribution is 7.17. The van der Waals surface area contributed by atoms with Gasteiger partial charge in [-0.3, -0.25) is 4.79 Å². The molecule has 0 unspecified atom stereocenters. The van der Waals surface area contributed by atoms with Crippen LogP contribution in [0, 0.1) is 0 Å². The van der Waals surface area contributed by atoms with Crippen LogP contribution in [0.2, 0.25) is 0 Å². The molecule has 1 aromatic heterocycles. The Morgan fingerprint density at radius 3 is 2.67 bits per heavy atom. The van der Waals surface area contributed by atoms with Crippen LogP contribution in [0.15, 0.2) is 42.6 Å². The molecule has 0 atom stereocenters. The lowest BCUT2D eigenvalue weighted by Crippen LogP contribution is -2.11. The highest BCUT2D eigenvalue weighted by Gasteiger charge is 2.19. The molecule has 8 heteroatoms. The van der Waals surface area contributed by atoms with Gasteiger partial charge in [-0.05, 0) is 24.4 Å². The molecule has 0 fully saturated rings. The Morgan fingerprint density at radius 2 is 2.14 bits per heavy atom. The van der Waals surface area contributed by atoms with Crippen LogP contribution in [0.4, 0.5) is 10.9 Å². The number of rotatable bonds is 6. The van der Waals surface area contributed by atoms with E-state index in [4.69, 9.17) is 5.73 Å². The summed E-state index contributed by atoms with van der Waals surface area (Å²) in [6, 6.07) is 0. The number of anilines is 1. The number of ether oxygens (including phenoxy) is 1. The van der Waals surface area contributed by atoms with Crippen LogP contribution in [0.3, 0.4) is 0 Å². The topological polar surface area (TPSA) is 107 Å². The summed E-state index contributed by atoms with van der Waals surface area (Å²) >= 11 is 0.970. The fraction of sp³-hybridized carbons (Fsp3) is 0.0769. The molecule has 0 aliphatic rings. The van der Waals surface area contributed by atoms with Crippen LogP contribution in [0.1, 0.15) is 9.67 Å². The zero-order valence-electron chi connectivity index (χ0n) is 11.3. The molecule has 0 saturated heterocycles. The number of hydrogen-bond donors (Lipinski definition) is 2. The van der Waals surface area contributed by atoms with Crippen LogP contribution < -0.4 is 11.1 Å². The maximum atomic E-state index is 11.7. The summed E-state index contributed by atoms with van der Waals surface area (Å²) in [4.78, 5) is 31.4. The standard InChI is InChI=1S/C13H14N4O3S/c1-4-8(6-7-14)15-13-17-11(16-9(18)5-2)10(21-13)12(19)20-3/h4-7H,1-2,14H2,3H3,(H,16,18). The number of methoxy groups -OCH3 is 1. The molecule has 0 bridgehead atoms. The Balaban J connectivity index is 3.24. The summed E-state index contributed by atoms with van der Waals surface area (Å²) in [6.45, 7) is 6.91. The molecule has 1 rings (SSSR count). The average Bonchev–Trinajstić information content (AvgIpc) is 2.88. The van der Waals surface area contributed by atoms with Crippen LogP contribution in [-0.4, -0.2) is 29.7 Å². The van der Waals surface area contributed by atoms with E-state index < -0.39 is 11.9 Å². The lowest BCUT2D eigenvalue weighted by molar-refractivity contribution is -0.111. The summed E-state index contributed by atoms with van der Waals surface area (Å²) in [6.07, 6.45) is 5.37. The summed E-state index contributed by atoms with van der Waals surface area (Å²) < 4.78 is 4.64. The lowest BCUT2D eigenvalue weighted by Gasteiger charge is -1.99. The summed E-state index contributed by atoms with van der Waals surface area (Å²) in [5.74, 6) is -1.05. The number of carbonyl (C=O) groups is 2. The second kappa shape index (κ2) is 7.75.